The average molecular weight is 473 g/mol. The lowest BCUT2D eigenvalue weighted by Crippen LogP contribution is -1.92. The first-order valence-corrected chi connectivity index (χ1v) is 11.8. The molecule has 1 heterocycles. The number of phenolic OH excluding ortho intramolecular Hbond substituents is 1. The Bertz CT molecular complexity index is 1650. The van der Waals surface area contributed by atoms with E-state index in [1.54, 1.807) is 6.07 Å². The minimum Gasteiger partial charge on any atom is -0.507 e. The third-order valence-corrected chi connectivity index (χ3v) is 6.67. The Hall–Kier alpha value is -4.38. The van der Waals surface area contributed by atoms with Crippen LogP contribution in [0.4, 0.5) is 0 Å². The predicted octanol–water partition coefficient (Wildman–Crippen LogP) is 7.23. The summed E-state index contributed by atoms with van der Waals surface area (Å²) in [5.74, 6) is 0.833. The van der Waals surface area contributed by atoms with Crippen molar-refractivity contribution in [1.29, 1.82) is 0 Å². The number of aliphatic hydroxyl groups is 2. The van der Waals surface area contributed by atoms with Crippen molar-refractivity contribution >= 4 is 11.0 Å². The average Bonchev–Trinajstić information content (AvgIpc) is 3.33. The van der Waals surface area contributed by atoms with Gasteiger partial charge in [0.2, 0.25) is 0 Å². The molecule has 1 aliphatic carbocycles. The maximum absolute atomic E-state index is 11.0. The van der Waals surface area contributed by atoms with E-state index in [-0.39, 0.29) is 19.0 Å². The number of phenols is 1. The van der Waals surface area contributed by atoms with Gasteiger partial charge in [0.1, 0.15) is 17.1 Å². The van der Waals surface area contributed by atoms with Crippen LogP contribution in [-0.2, 0) is 13.2 Å². The van der Waals surface area contributed by atoms with Crippen molar-refractivity contribution in [2.24, 2.45) is 0 Å². The maximum Gasteiger partial charge on any atom is 0.143 e. The summed E-state index contributed by atoms with van der Waals surface area (Å²) in [4.78, 5) is 0. The molecule has 4 aromatic carbocycles. The van der Waals surface area contributed by atoms with Gasteiger partial charge in [-0.15, -0.1) is 0 Å². The third kappa shape index (κ3) is 3.64. The number of aliphatic hydroxyl groups excluding tert-OH is 2. The van der Waals surface area contributed by atoms with Gasteiger partial charge in [0.25, 0.3) is 0 Å². The highest BCUT2D eigenvalue weighted by atomic mass is 16.3. The van der Waals surface area contributed by atoms with E-state index >= 15 is 0 Å². The largest absolute Gasteiger partial charge is 0.507 e. The van der Waals surface area contributed by atoms with Gasteiger partial charge in [-0.25, -0.2) is 0 Å². The lowest BCUT2D eigenvalue weighted by Gasteiger charge is -2.16. The fourth-order valence-corrected chi connectivity index (χ4v) is 4.94. The van der Waals surface area contributed by atoms with E-state index in [1.807, 2.05) is 78.9 Å². The quantitative estimate of drug-likeness (QED) is 0.247. The van der Waals surface area contributed by atoms with E-state index in [9.17, 15) is 15.3 Å². The molecule has 2 aliphatic rings. The van der Waals surface area contributed by atoms with E-state index < -0.39 is 0 Å². The van der Waals surface area contributed by atoms with Gasteiger partial charge < -0.3 is 19.7 Å². The van der Waals surface area contributed by atoms with Gasteiger partial charge in [-0.3, -0.25) is 0 Å². The lowest BCUT2D eigenvalue weighted by molar-refractivity contribution is 0.281. The van der Waals surface area contributed by atoms with Gasteiger partial charge in [-0.1, -0.05) is 84.9 Å². The summed E-state index contributed by atoms with van der Waals surface area (Å²) in [5.41, 5.74) is 8.52. The van der Waals surface area contributed by atoms with Crippen molar-refractivity contribution in [3.8, 4) is 50.5 Å². The number of benzene rings is 4. The molecule has 36 heavy (non-hydrogen) atoms. The number of fused-ring (bicyclic) bond motifs is 3. The molecule has 0 atom stereocenters. The molecule has 4 heteroatoms. The summed E-state index contributed by atoms with van der Waals surface area (Å²) in [7, 11) is 0. The zero-order valence-electron chi connectivity index (χ0n) is 19.5. The summed E-state index contributed by atoms with van der Waals surface area (Å²) in [5, 5.41) is 31.2. The van der Waals surface area contributed by atoms with Crippen molar-refractivity contribution in [3.05, 3.63) is 114 Å². The summed E-state index contributed by atoms with van der Waals surface area (Å²) in [6, 6.07) is 33.3. The molecule has 4 nitrogen and oxygen atoms in total. The van der Waals surface area contributed by atoms with Crippen molar-refractivity contribution in [2.75, 3.05) is 0 Å². The zero-order valence-corrected chi connectivity index (χ0v) is 19.5. The minimum absolute atomic E-state index is 0.0866. The second-order valence-corrected chi connectivity index (χ2v) is 8.88. The molecule has 3 N–H and O–H groups in total. The Kier molecular flexibility index (Phi) is 5.53. The van der Waals surface area contributed by atoms with E-state index in [4.69, 9.17) is 4.42 Å². The molecule has 0 bridgehead atoms. The van der Waals surface area contributed by atoms with E-state index in [1.165, 1.54) is 0 Å². The molecular weight excluding hydrogens is 448 g/mol. The molecule has 0 saturated heterocycles. The maximum atomic E-state index is 11.0. The van der Waals surface area contributed by atoms with Gasteiger partial charge in [-0.2, -0.15) is 0 Å². The standard InChI is InChI=1S/C32H24O4/c33-18-20-11-13-24(28(35)15-20)27-17-26(22-7-3-1-4-8-22)31-30(27)25-14-12-21(19-34)16-29(25)36-32(31)23-9-5-2-6-10-23/h1-17,33-35H,18-19H2. The fourth-order valence-electron chi connectivity index (χ4n) is 4.94. The van der Waals surface area contributed by atoms with Crippen LogP contribution in [-0.4, -0.2) is 15.3 Å². The predicted molar refractivity (Wildman–Crippen MR) is 143 cm³/mol. The Morgan fingerprint density at radius 2 is 1.19 bits per heavy atom. The Labute approximate surface area is 208 Å². The monoisotopic (exact) mass is 472 g/mol. The molecule has 1 aliphatic heterocycles. The third-order valence-electron chi connectivity index (χ3n) is 6.67. The smallest absolute Gasteiger partial charge is 0.143 e. The molecule has 0 saturated carbocycles. The molecule has 0 aromatic heterocycles. The molecule has 0 unspecified atom stereocenters. The van der Waals surface area contributed by atoms with Crippen LogP contribution in [0.5, 0.6) is 5.75 Å². The number of rotatable bonds is 5. The summed E-state index contributed by atoms with van der Waals surface area (Å²) in [6.07, 6.45) is 0. The topological polar surface area (TPSA) is 73.8 Å². The molecule has 0 fully saturated rings. The Balaban J connectivity index is 1.77. The van der Waals surface area contributed by atoms with Crippen LogP contribution in [0.1, 0.15) is 11.1 Å². The van der Waals surface area contributed by atoms with E-state index in [2.05, 4.69) is 18.2 Å². The number of hydrogen-bond donors (Lipinski definition) is 3. The van der Waals surface area contributed by atoms with E-state index in [0.29, 0.717) is 16.7 Å². The van der Waals surface area contributed by atoms with Crippen LogP contribution in [0.2, 0.25) is 0 Å². The van der Waals surface area contributed by atoms with Crippen LogP contribution in [0.3, 0.4) is 0 Å². The van der Waals surface area contributed by atoms with Crippen molar-refractivity contribution in [1.82, 2.24) is 0 Å². The first kappa shape index (κ1) is 22.1. The van der Waals surface area contributed by atoms with Crippen molar-refractivity contribution in [2.45, 2.75) is 13.2 Å². The second kappa shape index (κ2) is 9.00. The molecule has 176 valence electrons. The van der Waals surface area contributed by atoms with Crippen molar-refractivity contribution in [3.63, 3.8) is 0 Å². The van der Waals surface area contributed by atoms with Crippen LogP contribution in [0.25, 0.3) is 55.7 Å². The summed E-state index contributed by atoms with van der Waals surface area (Å²) >= 11 is 0. The fraction of sp³-hybridized carbons (Fsp3) is 0.0625. The summed E-state index contributed by atoms with van der Waals surface area (Å²) < 4.78 is 6.58. The number of aromatic hydroxyl groups is 1. The highest BCUT2D eigenvalue weighted by molar-refractivity contribution is 6.13. The van der Waals surface area contributed by atoms with Gasteiger partial charge in [0.15, 0.2) is 0 Å². The first-order chi connectivity index (χ1) is 17.7. The second-order valence-electron chi connectivity index (χ2n) is 8.88. The van der Waals surface area contributed by atoms with Crippen LogP contribution < -0.4 is 0 Å². The van der Waals surface area contributed by atoms with Gasteiger partial charge in [0.05, 0.1) is 13.2 Å². The molecule has 6 rings (SSSR count). The lowest BCUT2D eigenvalue weighted by atomic mass is 9.91. The highest BCUT2D eigenvalue weighted by Gasteiger charge is 2.28. The molecular formula is C32H24O4. The van der Waals surface area contributed by atoms with Gasteiger partial charge in [-0.05, 0) is 46.0 Å². The van der Waals surface area contributed by atoms with Gasteiger partial charge in [0, 0.05) is 27.6 Å². The molecule has 4 aromatic rings. The molecule has 0 radical (unpaired) electrons. The van der Waals surface area contributed by atoms with Crippen LogP contribution >= 0.6 is 0 Å². The molecule has 0 spiro atoms. The van der Waals surface area contributed by atoms with Gasteiger partial charge >= 0.3 is 0 Å². The van der Waals surface area contributed by atoms with E-state index in [0.717, 1.165) is 50.1 Å². The summed E-state index contributed by atoms with van der Waals surface area (Å²) in [6.45, 7) is -0.231. The SMILES string of the molecule is OCc1ccc(-c2cc(-c3ccccc3)c3c(-c4ccccc4)oc4cc(CO)ccc4c2-3)c(O)c1. The zero-order chi connectivity index (χ0) is 24.6. The Morgan fingerprint density at radius 1 is 0.556 bits per heavy atom. The Morgan fingerprint density at radius 3 is 1.86 bits per heavy atom. The molecule has 0 amide bonds. The first-order valence-electron chi connectivity index (χ1n) is 11.8. The highest BCUT2D eigenvalue weighted by Crippen LogP contribution is 2.53. The minimum atomic E-state index is -0.144. The van der Waals surface area contributed by atoms with Crippen LogP contribution in [0.15, 0.2) is 108 Å². The number of hydrogen-bond acceptors (Lipinski definition) is 4. The normalized spacial score (nSPS) is 11.4. The van der Waals surface area contributed by atoms with Crippen LogP contribution in [0, 0.1) is 0 Å². The van der Waals surface area contributed by atoms with Crippen molar-refractivity contribution < 1.29 is 19.7 Å².